The predicted octanol–water partition coefficient (Wildman–Crippen LogP) is 2.33. The van der Waals surface area contributed by atoms with Crippen molar-refractivity contribution < 1.29 is 8.42 Å². The van der Waals surface area contributed by atoms with Crippen LogP contribution < -0.4 is 9.62 Å². The lowest BCUT2D eigenvalue weighted by Crippen LogP contribution is -2.46. The first-order chi connectivity index (χ1) is 12.0. The molecule has 1 aromatic carbocycles. The summed E-state index contributed by atoms with van der Waals surface area (Å²) < 4.78 is 27.4. The smallest absolute Gasteiger partial charge is 0.261 e. The van der Waals surface area contributed by atoms with Crippen molar-refractivity contribution in [3.8, 4) is 0 Å². The van der Waals surface area contributed by atoms with Crippen LogP contribution >= 0.6 is 0 Å². The molecule has 1 aliphatic heterocycles. The largest absolute Gasteiger partial charge is 0.354 e. The van der Waals surface area contributed by atoms with E-state index in [1.165, 1.54) is 0 Å². The topological polar surface area (TPSA) is 65.5 Å². The quantitative estimate of drug-likeness (QED) is 0.886. The third-order valence-electron chi connectivity index (χ3n) is 4.47. The Morgan fingerprint density at radius 2 is 1.72 bits per heavy atom. The van der Waals surface area contributed by atoms with Crippen LogP contribution in [0.25, 0.3) is 0 Å². The van der Waals surface area contributed by atoms with E-state index in [4.69, 9.17) is 0 Å². The molecular formula is C18H24N4O2S. The number of benzene rings is 1. The molecule has 6 nitrogen and oxygen atoms in total. The molecule has 0 spiro atoms. The first kappa shape index (κ1) is 17.7. The Morgan fingerprint density at radius 1 is 1.04 bits per heavy atom. The van der Waals surface area contributed by atoms with Crippen molar-refractivity contribution in [2.45, 2.75) is 18.7 Å². The minimum Gasteiger partial charge on any atom is -0.354 e. The van der Waals surface area contributed by atoms with Crippen LogP contribution in [0.3, 0.4) is 0 Å². The van der Waals surface area contributed by atoms with Gasteiger partial charge >= 0.3 is 0 Å². The fraction of sp³-hybridized carbons (Fsp3) is 0.389. The molecule has 2 aromatic rings. The van der Waals surface area contributed by atoms with Crippen molar-refractivity contribution in [2.75, 3.05) is 42.3 Å². The Kier molecular flexibility index (Phi) is 5.24. The second kappa shape index (κ2) is 7.41. The lowest BCUT2D eigenvalue weighted by atomic mass is 10.2. The molecule has 0 aliphatic carbocycles. The van der Waals surface area contributed by atoms with Gasteiger partial charge in [-0.25, -0.2) is 13.4 Å². The molecular weight excluding hydrogens is 336 g/mol. The van der Waals surface area contributed by atoms with E-state index in [0.29, 0.717) is 5.69 Å². The normalized spacial score (nSPS) is 16.0. The van der Waals surface area contributed by atoms with Gasteiger partial charge in [0, 0.05) is 26.2 Å². The fourth-order valence-corrected chi connectivity index (χ4v) is 3.90. The minimum absolute atomic E-state index is 0.248. The molecule has 0 amide bonds. The van der Waals surface area contributed by atoms with E-state index in [0.717, 1.165) is 44.1 Å². The van der Waals surface area contributed by atoms with Crippen molar-refractivity contribution in [3.63, 3.8) is 0 Å². The number of hydrogen-bond donors (Lipinski definition) is 1. The van der Waals surface area contributed by atoms with Crippen LogP contribution in [-0.4, -0.2) is 51.0 Å². The van der Waals surface area contributed by atoms with Gasteiger partial charge < -0.3 is 9.80 Å². The van der Waals surface area contributed by atoms with E-state index in [-0.39, 0.29) is 4.90 Å². The van der Waals surface area contributed by atoms with Crippen molar-refractivity contribution in [3.05, 3.63) is 48.2 Å². The molecule has 134 valence electrons. The van der Waals surface area contributed by atoms with E-state index < -0.39 is 10.0 Å². The second-order valence-corrected chi connectivity index (χ2v) is 7.93. The maximum atomic E-state index is 12.4. The van der Waals surface area contributed by atoms with Crippen molar-refractivity contribution in [1.82, 2.24) is 9.88 Å². The van der Waals surface area contributed by atoms with Gasteiger partial charge in [0.05, 0.1) is 16.8 Å². The summed E-state index contributed by atoms with van der Waals surface area (Å²) in [6, 6.07) is 10.4. The molecule has 7 heteroatoms. The summed E-state index contributed by atoms with van der Waals surface area (Å²) in [5.41, 5.74) is 1.49. The van der Waals surface area contributed by atoms with Crippen LogP contribution in [-0.2, 0) is 10.0 Å². The monoisotopic (exact) mass is 360 g/mol. The molecule has 1 aromatic heterocycles. The van der Waals surface area contributed by atoms with Crippen LogP contribution in [0, 0.1) is 6.92 Å². The van der Waals surface area contributed by atoms with E-state index in [2.05, 4.69) is 26.4 Å². The molecule has 2 heterocycles. The Hall–Kier alpha value is -2.12. The molecule has 0 bridgehead atoms. The third kappa shape index (κ3) is 4.29. The Labute approximate surface area is 149 Å². The number of nitrogens with one attached hydrogen (secondary N) is 1. The van der Waals surface area contributed by atoms with Crippen molar-refractivity contribution in [1.29, 1.82) is 0 Å². The Bertz CT molecular complexity index is 796. The lowest BCUT2D eigenvalue weighted by molar-refractivity contribution is 0.270. The summed E-state index contributed by atoms with van der Waals surface area (Å²) in [5, 5.41) is 0. The molecule has 0 unspecified atom stereocenters. The highest BCUT2D eigenvalue weighted by Crippen LogP contribution is 2.19. The molecule has 25 heavy (non-hydrogen) atoms. The summed E-state index contributed by atoms with van der Waals surface area (Å²) in [4.78, 5) is 9.30. The standard InChI is InChI=1S/C18H24N4O2S/c1-3-21-10-12-22(13-11-21)18-9-6-16(14-19-18)20-25(23,24)17-7-4-15(2)5-8-17/h4-9,14,20H,3,10-13H2,1-2H3. The van der Waals surface area contributed by atoms with E-state index >= 15 is 0 Å². The van der Waals surface area contributed by atoms with E-state index in [9.17, 15) is 8.42 Å². The van der Waals surface area contributed by atoms with Crippen LogP contribution in [0.2, 0.25) is 0 Å². The number of pyridine rings is 1. The van der Waals surface area contributed by atoms with Gasteiger partial charge in [0.15, 0.2) is 0 Å². The minimum atomic E-state index is -3.59. The van der Waals surface area contributed by atoms with Crippen LogP contribution in [0.1, 0.15) is 12.5 Å². The number of rotatable bonds is 5. The molecule has 0 radical (unpaired) electrons. The SMILES string of the molecule is CCN1CCN(c2ccc(NS(=O)(=O)c3ccc(C)cc3)cn2)CC1. The molecule has 0 atom stereocenters. The fourth-order valence-electron chi connectivity index (χ4n) is 2.86. The van der Waals surface area contributed by atoms with Gasteiger partial charge in [0.1, 0.15) is 5.82 Å². The summed E-state index contributed by atoms with van der Waals surface area (Å²) in [6.07, 6.45) is 1.58. The van der Waals surface area contributed by atoms with Gasteiger partial charge in [-0.05, 0) is 37.7 Å². The van der Waals surface area contributed by atoms with E-state index in [1.54, 1.807) is 36.5 Å². The average molecular weight is 360 g/mol. The molecule has 1 saturated heterocycles. The van der Waals surface area contributed by atoms with E-state index in [1.807, 2.05) is 13.0 Å². The van der Waals surface area contributed by atoms with Crippen LogP contribution in [0.5, 0.6) is 0 Å². The van der Waals surface area contributed by atoms with Gasteiger partial charge in [-0.15, -0.1) is 0 Å². The first-order valence-corrected chi connectivity index (χ1v) is 9.99. The predicted molar refractivity (Wildman–Crippen MR) is 101 cm³/mol. The number of likely N-dealkylation sites (N-methyl/N-ethyl adjacent to an activating group) is 1. The number of sulfonamides is 1. The maximum absolute atomic E-state index is 12.4. The van der Waals surface area contributed by atoms with Gasteiger partial charge in [-0.2, -0.15) is 0 Å². The number of hydrogen-bond acceptors (Lipinski definition) is 5. The number of piperazine rings is 1. The summed E-state index contributed by atoms with van der Waals surface area (Å²) in [6.45, 7) is 9.10. The zero-order chi connectivity index (χ0) is 17.9. The van der Waals surface area contributed by atoms with Gasteiger partial charge in [-0.3, -0.25) is 4.72 Å². The molecule has 3 rings (SSSR count). The summed E-state index contributed by atoms with van der Waals surface area (Å²) in [7, 11) is -3.59. The average Bonchev–Trinajstić information content (AvgIpc) is 2.62. The second-order valence-electron chi connectivity index (χ2n) is 6.24. The molecule has 1 fully saturated rings. The first-order valence-electron chi connectivity index (χ1n) is 8.51. The van der Waals surface area contributed by atoms with Gasteiger partial charge in [0.25, 0.3) is 10.0 Å². The lowest BCUT2D eigenvalue weighted by Gasteiger charge is -2.34. The Balaban J connectivity index is 1.67. The molecule has 1 aliphatic rings. The highest BCUT2D eigenvalue weighted by Gasteiger charge is 2.17. The number of aromatic nitrogens is 1. The highest BCUT2D eigenvalue weighted by molar-refractivity contribution is 7.92. The summed E-state index contributed by atoms with van der Waals surface area (Å²) in [5.74, 6) is 0.883. The zero-order valence-electron chi connectivity index (χ0n) is 14.6. The summed E-state index contributed by atoms with van der Waals surface area (Å²) >= 11 is 0. The van der Waals surface area contributed by atoms with Crippen LogP contribution in [0.4, 0.5) is 11.5 Å². The van der Waals surface area contributed by atoms with Gasteiger partial charge in [0.2, 0.25) is 0 Å². The third-order valence-corrected chi connectivity index (χ3v) is 5.87. The van der Waals surface area contributed by atoms with Gasteiger partial charge in [-0.1, -0.05) is 24.6 Å². The zero-order valence-corrected chi connectivity index (χ0v) is 15.5. The van der Waals surface area contributed by atoms with Crippen molar-refractivity contribution >= 4 is 21.5 Å². The number of aryl methyl sites for hydroxylation is 1. The number of anilines is 2. The van der Waals surface area contributed by atoms with Crippen LogP contribution in [0.15, 0.2) is 47.5 Å². The molecule has 1 N–H and O–H groups in total. The Morgan fingerprint density at radius 3 is 2.28 bits per heavy atom. The highest BCUT2D eigenvalue weighted by atomic mass is 32.2. The molecule has 0 saturated carbocycles. The maximum Gasteiger partial charge on any atom is 0.261 e. The number of nitrogens with zero attached hydrogens (tertiary/aromatic N) is 3. The van der Waals surface area contributed by atoms with Crippen molar-refractivity contribution in [2.24, 2.45) is 0 Å².